The van der Waals surface area contributed by atoms with Gasteiger partial charge in [0.2, 0.25) is 0 Å². The summed E-state index contributed by atoms with van der Waals surface area (Å²) in [5.41, 5.74) is 4.19. The van der Waals surface area contributed by atoms with Crippen molar-refractivity contribution < 1.29 is 0 Å². The molecular weight excluding hydrogens is 322 g/mol. The minimum Gasteiger partial charge on any atom is -0.353 e. The molecule has 1 saturated heterocycles. The lowest BCUT2D eigenvalue weighted by atomic mass is 10.1. The lowest BCUT2D eigenvalue weighted by Gasteiger charge is -2.23. The van der Waals surface area contributed by atoms with Crippen molar-refractivity contribution in [1.82, 2.24) is 14.9 Å². The zero-order valence-corrected chi connectivity index (χ0v) is 15.1. The molecule has 0 saturated carbocycles. The minimum absolute atomic E-state index is 0.515. The molecule has 5 heteroatoms. The van der Waals surface area contributed by atoms with Crippen molar-refractivity contribution in [3.8, 4) is 17.3 Å². The van der Waals surface area contributed by atoms with Crippen molar-refractivity contribution in [2.75, 3.05) is 32.1 Å². The molecule has 3 aromatic rings. The molecule has 1 aliphatic heterocycles. The van der Waals surface area contributed by atoms with Crippen LogP contribution in [-0.2, 0) is 0 Å². The summed E-state index contributed by atoms with van der Waals surface area (Å²) < 4.78 is 0. The van der Waals surface area contributed by atoms with Crippen LogP contribution in [0.1, 0.15) is 12.0 Å². The number of nitrogens with zero attached hydrogens (tertiary/aromatic N) is 5. The number of rotatable bonds is 3. The van der Waals surface area contributed by atoms with E-state index >= 15 is 0 Å². The highest BCUT2D eigenvalue weighted by Crippen LogP contribution is 2.32. The molecule has 0 aliphatic carbocycles. The van der Waals surface area contributed by atoms with E-state index in [1.807, 2.05) is 48.5 Å². The molecule has 2 aromatic carbocycles. The summed E-state index contributed by atoms with van der Waals surface area (Å²) in [7, 11) is 4.25. The summed E-state index contributed by atoms with van der Waals surface area (Å²) in [4.78, 5) is 14.4. The fourth-order valence-corrected chi connectivity index (χ4v) is 3.50. The van der Waals surface area contributed by atoms with Gasteiger partial charge in [-0.2, -0.15) is 5.26 Å². The number of aromatic nitrogens is 2. The van der Waals surface area contributed by atoms with Gasteiger partial charge in [-0.05, 0) is 44.8 Å². The summed E-state index contributed by atoms with van der Waals surface area (Å²) in [5, 5.41) is 9.26. The molecule has 0 spiro atoms. The second-order valence-electron chi connectivity index (χ2n) is 6.93. The molecule has 5 nitrogen and oxygen atoms in total. The van der Waals surface area contributed by atoms with Gasteiger partial charge < -0.3 is 9.80 Å². The van der Waals surface area contributed by atoms with E-state index in [2.05, 4.69) is 30.0 Å². The predicted molar refractivity (Wildman–Crippen MR) is 104 cm³/mol. The van der Waals surface area contributed by atoms with E-state index in [1.54, 1.807) is 0 Å². The number of para-hydroxylation sites is 2. The van der Waals surface area contributed by atoms with Crippen LogP contribution >= 0.6 is 0 Å². The number of nitriles is 1. The van der Waals surface area contributed by atoms with Gasteiger partial charge in [-0.25, -0.2) is 9.97 Å². The SMILES string of the molecule is CN(C)C1CCN(c2nc3ccccc3nc2-c2cccc(C#N)c2)C1. The van der Waals surface area contributed by atoms with Crippen LogP contribution in [0.2, 0.25) is 0 Å². The van der Waals surface area contributed by atoms with E-state index < -0.39 is 0 Å². The molecule has 0 amide bonds. The van der Waals surface area contributed by atoms with Gasteiger partial charge in [0.05, 0.1) is 22.7 Å². The fourth-order valence-electron chi connectivity index (χ4n) is 3.50. The summed E-state index contributed by atoms with van der Waals surface area (Å²) in [6.45, 7) is 1.89. The Morgan fingerprint density at radius 3 is 2.54 bits per heavy atom. The first-order valence-electron chi connectivity index (χ1n) is 8.84. The van der Waals surface area contributed by atoms with Gasteiger partial charge in [0, 0.05) is 24.7 Å². The summed E-state index contributed by atoms with van der Waals surface area (Å²) in [6, 6.07) is 18.3. The maximum atomic E-state index is 9.26. The van der Waals surface area contributed by atoms with E-state index in [4.69, 9.17) is 9.97 Å². The molecule has 4 rings (SSSR count). The normalized spacial score (nSPS) is 17.0. The Morgan fingerprint density at radius 2 is 1.85 bits per heavy atom. The van der Waals surface area contributed by atoms with Crippen molar-refractivity contribution in [2.45, 2.75) is 12.5 Å². The molecule has 0 N–H and O–H groups in total. The number of benzene rings is 2. The summed E-state index contributed by atoms with van der Waals surface area (Å²) >= 11 is 0. The first-order chi connectivity index (χ1) is 12.7. The lowest BCUT2D eigenvalue weighted by molar-refractivity contribution is 0.315. The van der Waals surface area contributed by atoms with Crippen molar-refractivity contribution in [3.63, 3.8) is 0 Å². The Balaban J connectivity index is 1.86. The highest BCUT2D eigenvalue weighted by atomic mass is 15.3. The smallest absolute Gasteiger partial charge is 0.156 e. The molecule has 1 aliphatic rings. The van der Waals surface area contributed by atoms with Gasteiger partial charge in [0.25, 0.3) is 0 Å². The van der Waals surface area contributed by atoms with Crippen LogP contribution in [0, 0.1) is 11.3 Å². The molecule has 1 unspecified atom stereocenters. The molecule has 1 fully saturated rings. The van der Waals surface area contributed by atoms with Gasteiger partial charge in [-0.15, -0.1) is 0 Å². The Kier molecular flexibility index (Phi) is 4.27. The van der Waals surface area contributed by atoms with E-state index in [0.717, 1.165) is 47.6 Å². The number of fused-ring (bicyclic) bond motifs is 1. The zero-order chi connectivity index (χ0) is 18.1. The van der Waals surface area contributed by atoms with Gasteiger partial charge in [-0.3, -0.25) is 0 Å². The van der Waals surface area contributed by atoms with Crippen LogP contribution in [-0.4, -0.2) is 48.1 Å². The second kappa shape index (κ2) is 6.74. The molecule has 0 bridgehead atoms. The maximum absolute atomic E-state index is 9.26. The third kappa shape index (κ3) is 3.00. The number of hydrogen-bond donors (Lipinski definition) is 0. The van der Waals surface area contributed by atoms with Crippen LogP contribution in [0.25, 0.3) is 22.3 Å². The Bertz CT molecular complexity index is 989. The first kappa shape index (κ1) is 16.5. The Hall–Kier alpha value is -2.97. The monoisotopic (exact) mass is 343 g/mol. The second-order valence-corrected chi connectivity index (χ2v) is 6.93. The summed E-state index contributed by atoms with van der Waals surface area (Å²) in [6.07, 6.45) is 1.11. The van der Waals surface area contributed by atoms with E-state index in [0.29, 0.717) is 11.6 Å². The van der Waals surface area contributed by atoms with Crippen molar-refractivity contribution in [2.24, 2.45) is 0 Å². The Morgan fingerprint density at radius 1 is 1.08 bits per heavy atom. The quantitative estimate of drug-likeness (QED) is 0.730. The first-order valence-corrected chi connectivity index (χ1v) is 8.84. The van der Waals surface area contributed by atoms with E-state index in [-0.39, 0.29) is 0 Å². The fraction of sp³-hybridized carbons (Fsp3) is 0.286. The van der Waals surface area contributed by atoms with Gasteiger partial charge in [-0.1, -0.05) is 24.3 Å². The van der Waals surface area contributed by atoms with Gasteiger partial charge in [0.1, 0.15) is 5.69 Å². The Labute approximate surface area is 153 Å². The number of hydrogen-bond acceptors (Lipinski definition) is 5. The molecule has 26 heavy (non-hydrogen) atoms. The van der Waals surface area contributed by atoms with Crippen LogP contribution in [0.15, 0.2) is 48.5 Å². The highest BCUT2D eigenvalue weighted by molar-refractivity contribution is 5.84. The number of anilines is 1. The standard InChI is InChI=1S/C21H21N5/c1-25(2)17-10-11-26(14-17)21-20(16-7-5-6-15(12-16)13-22)23-18-8-3-4-9-19(18)24-21/h3-9,12,17H,10-11,14H2,1-2H3. The average Bonchev–Trinajstić information content (AvgIpc) is 3.17. The van der Waals surface area contributed by atoms with Crippen LogP contribution < -0.4 is 4.90 Å². The molecule has 130 valence electrons. The van der Waals surface area contributed by atoms with Gasteiger partial charge in [0.15, 0.2) is 5.82 Å². The van der Waals surface area contributed by atoms with Crippen molar-refractivity contribution in [3.05, 3.63) is 54.1 Å². The average molecular weight is 343 g/mol. The maximum Gasteiger partial charge on any atom is 0.156 e. The molecule has 1 atom stereocenters. The third-order valence-electron chi connectivity index (χ3n) is 5.01. The van der Waals surface area contributed by atoms with Crippen LogP contribution in [0.3, 0.4) is 0 Å². The highest BCUT2D eigenvalue weighted by Gasteiger charge is 2.27. The van der Waals surface area contributed by atoms with Gasteiger partial charge >= 0.3 is 0 Å². The predicted octanol–water partition coefficient (Wildman–Crippen LogP) is 3.31. The lowest BCUT2D eigenvalue weighted by Crippen LogP contribution is -2.32. The summed E-state index contributed by atoms with van der Waals surface area (Å²) in [5.74, 6) is 0.906. The molecule has 1 aromatic heterocycles. The number of likely N-dealkylation sites (N-methyl/N-ethyl adjacent to an activating group) is 1. The van der Waals surface area contributed by atoms with E-state index in [9.17, 15) is 5.26 Å². The topological polar surface area (TPSA) is 56.1 Å². The molecular formula is C21H21N5. The van der Waals surface area contributed by atoms with E-state index in [1.165, 1.54) is 0 Å². The van der Waals surface area contributed by atoms with Crippen LogP contribution in [0.5, 0.6) is 0 Å². The minimum atomic E-state index is 0.515. The molecule has 0 radical (unpaired) electrons. The van der Waals surface area contributed by atoms with Crippen molar-refractivity contribution >= 4 is 16.9 Å². The van der Waals surface area contributed by atoms with Crippen LogP contribution in [0.4, 0.5) is 5.82 Å². The molecule has 2 heterocycles. The zero-order valence-electron chi connectivity index (χ0n) is 15.1. The van der Waals surface area contributed by atoms with Crippen molar-refractivity contribution in [1.29, 1.82) is 5.26 Å². The largest absolute Gasteiger partial charge is 0.353 e. The third-order valence-corrected chi connectivity index (χ3v) is 5.01.